The van der Waals surface area contributed by atoms with E-state index in [1.54, 1.807) is 7.11 Å². The molecule has 0 aliphatic carbocycles. The van der Waals surface area contributed by atoms with Crippen molar-refractivity contribution < 1.29 is 19.3 Å². The molecule has 4 heteroatoms. The quantitative estimate of drug-likeness (QED) is 0.475. The normalized spacial score (nSPS) is 19.1. The van der Waals surface area contributed by atoms with Gasteiger partial charge in [0.25, 0.3) is 0 Å². The molecule has 1 heterocycles. The Labute approximate surface area is 190 Å². The SMILES string of the molecule is COc1ccc(C(O)(c2ccccc2)C(CCOC2CCCCO2)c2ccccc2)cc1. The summed E-state index contributed by atoms with van der Waals surface area (Å²) in [6.07, 6.45) is 3.66. The summed E-state index contributed by atoms with van der Waals surface area (Å²) in [5, 5.41) is 12.4. The highest BCUT2D eigenvalue weighted by atomic mass is 16.7. The largest absolute Gasteiger partial charge is 0.497 e. The fourth-order valence-electron chi connectivity index (χ4n) is 4.57. The first kappa shape index (κ1) is 22.5. The molecule has 0 aromatic heterocycles. The monoisotopic (exact) mass is 432 g/mol. The highest BCUT2D eigenvalue weighted by Gasteiger charge is 2.41. The van der Waals surface area contributed by atoms with Crippen molar-refractivity contribution in [3.63, 3.8) is 0 Å². The van der Waals surface area contributed by atoms with Gasteiger partial charge < -0.3 is 19.3 Å². The molecule has 0 amide bonds. The predicted octanol–water partition coefficient (Wildman–Crippen LogP) is 5.65. The van der Waals surface area contributed by atoms with Crippen LogP contribution >= 0.6 is 0 Å². The molecule has 168 valence electrons. The standard InChI is InChI=1S/C28H32O4/c1-30-25-17-15-24(16-18-25)28(29,23-12-6-3-7-13-23)26(22-10-4-2-5-11-22)19-21-32-27-14-8-9-20-31-27/h2-7,10-13,15-18,26-27,29H,8-9,14,19-21H2,1H3. The Morgan fingerprint density at radius 1 is 0.906 bits per heavy atom. The number of benzene rings is 3. The topological polar surface area (TPSA) is 47.9 Å². The third-order valence-electron chi connectivity index (χ3n) is 6.30. The third kappa shape index (κ3) is 5.04. The Kier molecular flexibility index (Phi) is 7.59. The second-order valence-corrected chi connectivity index (χ2v) is 8.28. The molecule has 1 aliphatic heterocycles. The molecule has 0 bridgehead atoms. The van der Waals surface area contributed by atoms with Crippen LogP contribution in [0.2, 0.25) is 0 Å². The van der Waals surface area contributed by atoms with Crippen molar-refractivity contribution in [1.29, 1.82) is 0 Å². The van der Waals surface area contributed by atoms with Crippen LogP contribution in [0.1, 0.15) is 48.3 Å². The van der Waals surface area contributed by atoms with E-state index in [-0.39, 0.29) is 12.2 Å². The first-order valence-electron chi connectivity index (χ1n) is 11.4. The molecule has 4 rings (SSSR count). The minimum absolute atomic E-state index is 0.147. The summed E-state index contributed by atoms with van der Waals surface area (Å²) in [5.41, 5.74) is 1.52. The average molecular weight is 433 g/mol. The Morgan fingerprint density at radius 2 is 1.56 bits per heavy atom. The molecular weight excluding hydrogens is 400 g/mol. The van der Waals surface area contributed by atoms with Crippen LogP contribution in [0.5, 0.6) is 5.75 Å². The average Bonchev–Trinajstić information content (AvgIpc) is 2.88. The van der Waals surface area contributed by atoms with E-state index in [0.717, 1.165) is 48.3 Å². The molecule has 3 unspecified atom stereocenters. The van der Waals surface area contributed by atoms with Gasteiger partial charge in [-0.25, -0.2) is 0 Å². The molecule has 0 spiro atoms. The Morgan fingerprint density at radius 3 is 2.19 bits per heavy atom. The van der Waals surface area contributed by atoms with Crippen LogP contribution in [-0.4, -0.2) is 31.7 Å². The number of aliphatic hydroxyl groups is 1. The molecule has 4 nitrogen and oxygen atoms in total. The fraction of sp³-hybridized carbons (Fsp3) is 0.357. The number of ether oxygens (including phenoxy) is 3. The first-order valence-corrected chi connectivity index (χ1v) is 11.4. The number of hydrogen-bond acceptors (Lipinski definition) is 4. The maximum atomic E-state index is 12.4. The molecule has 3 aromatic rings. The van der Waals surface area contributed by atoms with Gasteiger partial charge in [0, 0.05) is 12.5 Å². The Bertz CT molecular complexity index is 936. The highest BCUT2D eigenvalue weighted by molar-refractivity contribution is 5.43. The maximum absolute atomic E-state index is 12.4. The zero-order valence-corrected chi connectivity index (χ0v) is 18.7. The third-order valence-corrected chi connectivity index (χ3v) is 6.30. The van der Waals surface area contributed by atoms with Crippen molar-refractivity contribution in [3.05, 3.63) is 102 Å². The molecule has 0 radical (unpaired) electrons. The highest BCUT2D eigenvalue weighted by Crippen LogP contribution is 2.45. The summed E-state index contributed by atoms with van der Waals surface area (Å²) in [7, 11) is 1.65. The van der Waals surface area contributed by atoms with E-state index in [2.05, 4.69) is 12.1 Å². The van der Waals surface area contributed by atoms with Gasteiger partial charge in [0.1, 0.15) is 11.4 Å². The van der Waals surface area contributed by atoms with Crippen molar-refractivity contribution in [2.75, 3.05) is 20.3 Å². The van der Waals surface area contributed by atoms with Crippen molar-refractivity contribution >= 4 is 0 Å². The van der Waals surface area contributed by atoms with Crippen LogP contribution in [0.3, 0.4) is 0 Å². The zero-order valence-electron chi connectivity index (χ0n) is 18.7. The second kappa shape index (κ2) is 10.8. The van der Waals surface area contributed by atoms with E-state index in [0.29, 0.717) is 13.0 Å². The van der Waals surface area contributed by atoms with Crippen molar-refractivity contribution in [3.8, 4) is 5.75 Å². The second-order valence-electron chi connectivity index (χ2n) is 8.28. The number of rotatable bonds is 9. The van der Waals surface area contributed by atoms with E-state index in [1.165, 1.54) is 0 Å². The lowest BCUT2D eigenvalue weighted by atomic mass is 9.71. The van der Waals surface area contributed by atoms with Gasteiger partial charge in [0.15, 0.2) is 6.29 Å². The summed E-state index contributed by atoms with van der Waals surface area (Å²) < 4.78 is 17.2. The summed E-state index contributed by atoms with van der Waals surface area (Å²) in [5.74, 6) is 0.557. The summed E-state index contributed by atoms with van der Waals surface area (Å²) in [6, 6.07) is 27.8. The zero-order chi connectivity index (χ0) is 22.2. The van der Waals surface area contributed by atoms with E-state index < -0.39 is 5.60 Å². The van der Waals surface area contributed by atoms with Crippen LogP contribution in [0.25, 0.3) is 0 Å². The fourth-order valence-corrected chi connectivity index (χ4v) is 4.57. The van der Waals surface area contributed by atoms with Gasteiger partial charge >= 0.3 is 0 Å². The van der Waals surface area contributed by atoms with Crippen LogP contribution in [-0.2, 0) is 15.1 Å². The van der Waals surface area contributed by atoms with E-state index in [1.807, 2.05) is 72.8 Å². The van der Waals surface area contributed by atoms with Crippen LogP contribution in [0.15, 0.2) is 84.9 Å². The lowest BCUT2D eigenvalue weighted by Crippen LogP contribution is -2.36. The summed E-state index contributed by atoms with van der Waals surface area (Å²) in [6.45, 7) is 1.27. The van der Waals surface area contributed by atoms with E-state index >= 15 is 0 Å². The lowest BCUT2D eigenvalue weighted by molar-refractivity contribution is -0.164. The first-order chi connectivity index (χ1) is 15.7. The van der Waals surface area contributed by atoms with Crippen molar-refractivity contribution in [1.82, 2.24) is 0 Å². The molecule has 3 atom stereocenters. The molecule has 1 N–H and O–H groups in total. The van der Waals surface area contributed by atoms with Crippen LogP contribution < -0.4 is 4.74 Å². The van der Waals surface area contributed by atoms with Gasteiger partial charge in [-0.3, -0.25) is 0 Å². The van der Waals surface area contributed by atoms with Gasteiger partial charge in [-0.2, -0.15) is 0 Å². The van der Waals surface area contributed by atoms with Crippen molar-refractivity contribution in [2.24, 2.45) is 0 Å². The van der Waals surface area contributed by atoms with Gasteiger partial charge in [-0.05, 0) is 54.5 Å². The maximum Gasteiger partial charge on any atom is 0.157 e. The molecule has 3 aromatic carbocycles. The van der Waals surface area contributed by atoms with Crippen LogP contribution in [0.4, 0.5) is 0 Å². The van der Waals surface area contributed by atoms with Gasteiger partial charge in [0.2, 0.25) is 0 Å². The van der Waals surface area contributed by atoms with Crippen LogP contribution in [0, 0.1) is 0 Å². The molecule has 32 heavy (non-hydrogen) atoms. The molecule has 1 aliphatic rings. The van der Waals surface area contributed by atoms with Crippen molar-refractivity contribution in [2.45, 2.75) is 43.5 Å². The molecular formula is C28H32O4. The Hall–Kier alpha value is -2.66. The van der Waals surface area contributed by atoms with Gasteiger partial charge in [0.05, 0.1) is 13.7 Å². The van der Waals surface area contributed by atoms with Gasteiger partial charge in [-0.1, -0.05) is 72.8 Å². The lowest BCUT2D eigenvalue weighted by Gasteiger charge is -2.38. The number of methoxy groups -OCH3 is 1. The molecule has 1 fully saturated rings. The minimum Gasteiger partial charge on any atom is -0.497 e. The van der Waals surface area contributed by atoms with E-state index in [4.69, 9.17) is 14.2 Å². The summed E-state index contributed by atoms with van der Waals surface area (Å²) >= 11 is 0. The smallest absolute Gasteiger partial charge is 0.157 e. The Balaban J connectivity index is 1.70. The minimum atomic E-state index is -1.23. The molecule has 0 saturated carbocycles. The predicted molar refractivity (Wildman–Crippen MR) is 126 cm³/mol. The van der Waals surface area contributed by atoms with E-state index in [9.17, 15) is 5.11 Å². The number of hydrogen-bond donors (Lipinski definition) is 1. The summed E-state index contributed by atoms with van der Waals surface area (Å²) in [4.78, 5) is 0. The molecule has 1 saturated heterocycles. The van der Waals surface area contributed by atoms with Gasteiger partial charge in [-0.15, -0.1) is 0 Å².